The Labute approximate surface area is 613 Å². The van der Waals surface area contributed by atoms with Gasteiger partial charge >= 0.3 is 5.97 Å². The molecule has 3 fully saturated rings. The van der Waals surface area contributed by atoms with Gasteiger partial charge in [-0.15, -0.1) is 0 Å². The van der Waals surface area contributed by atoms with Gasteiger partial charge in [-0.1, -0.05) is 309 Å². The van der Waals surface area contributed by atoms with Gasteiger partial charge in [-0.05, 0) is 19.3 Å². The number of carboxylic acids is 1. The summed E-state index contributed by atoms with van der Waals surface area (Å²) >= 11 is 0. The highest BCUT2D eigenvalue weighted by Gasteiger charge is 2.60. The Bertz CT molecular complexity index is 2080. The van der Waals surface area contributed by atoms with Crippen molar-refractivity contribution >= 4 is 17.8 Å². The summed E-state index contributed by atoms with van der Waals surface area (Å²) in [5.41, 5.74) is 0. The van der Waals surface area contributed by atoms with Gasteiger partial charge in [0.15, 0.2) is 12.6 Å². The molecule has 0 bridgehead atoms. The van der Waals surface area contributed by atoms with Crippen molar-refractivity contribution in [2.45, 2.75) is 445 Å². The molecule has 3 rings (SSSR count). The summed E-state index contributed by atoms with van der Waals surface area (Å²) < 4.78 is 34.8. The fourth-order valence-electron chi connectivity index (χ4n) is 14.5. The summed E-state index contributed by atoms with van der Waals surface area (Å²) in [6.45, 7) is 2.15. The van der Waals surface area contributed by atoms with E-state index in [9.17, 15) is 75.7 Å². The number of aliphatic carboxylic acids is 1. The first-order valence-corrected chi connectivity index (χ1v) is 41.1. The number of carboxylic acid groups (broad SMARTS) is 1. The lowest BCUT2D eigenvalue weighted by atomic mass is 9.88. The summed E-state index contributed by atoms with van der Waals surface area (Å²) in [5.74, 6) is -6.13. The number of carbonyl (C=O) groups is 3. The van der Waals surface area contributed by atoms with E-state index in [0.717, 1.165) is 51.9 Å². The maximum absolute atomic E-state index is 13.5. The molecular formula is C79H148N2O21. The SMILES string of the molecule is CCCCCCCCCCC/C=C/C(O)C(COC1OC(CO)C(OC2OC(CO)C(O)C(OC3(C(=O)O)CC(O)C(NC(C)=O)C(C(O)C(O)CO)O3)C2O)C(O)C1O)NC(=O)CCCCCCCCCCCCCCCCCCCCCCCCCCCCCCCCCCCCCCC. The van der Waals surface area contributed by atoms with Crippen LogP contribution < -0.4 is 10.6 Å². The van der Waals surface area contributed by atoms with Crippen molar-refractivity contribution in [2.75, 3.05) is 26.4 Å². The lowest BCUT2D eigenvalue weighted by molar-refractivity contribution is -0.386. The number of hydrogen-bond acceptors (Lipinski definition) is 20. The summed E-state index contributed by atoms with van der Waals surface area (Å²) in [7, 11) is 0. The zero-order valence-corrected chi connectivity index (χ0v) is 63.5. The van der Waals surface area contributed by atoms with Gasteiger partial charge in [0.2, 0.25) is 11.8 Å². The minimum absolute atomic E-state index is 0.205. The van der Waals surface area contributed by atoms with Crippen LogP contribution >= 0.6 is 0 Å². The van der Waals surface area contributed by atoms with Gasteiger partial charge in [-0.2, -0.15) is 0 Å². The normalized spacial score (nSPS) is 26.7. The minimum atomic E-state index is -3.08. The van der Waals surface area contributed by atoms with Crippen LogP contribution in [0.4, 0.5) is 0 Å². The molecule has 0 aliphatic carbocycles. The molecule has 0 radical (unpaired) electrons. The molecule has 3 heterocycles. The lowest BCUT2D eigenvalue weighted by Gasteiger charge is -2.50. The average Bonchev–Trinajstić information content (AvgIpc) is 0.756. The quantitative estimate of drug-likeness (QED) is 0.0199. The molecule has 0 aromatic carbocycles. The summed E-state index contributed by atoms with van der Waals surface area (Å²) in [6.07, 6.45) is 34.6. The molecule has 0 saturated carbocycles. The second-order valence-electron chi connectivity index (χ2n) is 30.0. The fourth-order valence-corrected chi connectivity index (χ4v) is 14.5. The van der Waals surface area contributed by atoms with Gasteiger partial charge in [-0.25, -0.2) is 4.79 Å². The molecule has 102 heavy (non-hydrogen) atoms. The van der Waals surface area contributed by atoms with Crippen LogP contribution in [-0.2, 0) is 42.8 Å². The Kier molecular flexibility index (Phi) is 53.7. The van der Waals surface area contributed by atoms with Crippen molar-refractivity contribution < 1.29 is 104 Å². The van der Waals surface area contributed by atoms with Crippen molar-refractivity contribution in [1.29, 1.82) is 0 Å². The Morgan fingerprint density at radius 1 is 0.510 bits per heavy atom. The highest BCUT2D eigenvalue weighted by molar-refractivity contribution is 5.77. The standard InChI is InChI=1S/C79H148N2O21/c1-4-6-8-10-12-14-16-17-18-19-20-21-22-23-24-25-26-27-28-29-30-31-32-33-34-35-36-37-38-39-40-41-43-45-47-49-51-53-66(89)81-60(61(86)52-50-48-46-44-42-15-13-11-9-7-5-2)58-97-76-71(93)70(92)73(65(57-84)99-76)100-77-72(94)75(69(91)64(56-83)98-77)102-79(78(95)96)54-62(87)67(80-59(3)85)74(101-79)68(90)63(88)55-82/h50,52,60-65,67-77,82-84,86-88,90-94H,4-49,51,53-58H2,1-3H3,(H,80,85)(H,81,89)(H,95,96)/b52-50+. The predicted octanol–water partition coefficient (Wildman–Crippen LogP) is 11.0. The molecule has 18 unspecified atom stereocenters. The Hall–Kier alpha value is -2.53. The number of carbonyl (C=O) groups excluding carboxylic acids is 2. The second kappa shape index (κ2) is 58.5. The number of nitrogens with one attached hydrogen (secondary N) is 2. The zero-order chi connectivity index (χ0) is 74.6. The molecule has 2 amide bonds. The van der Waals surface area contributed by atoms with Crippen LogP contribution in [0.1, 0.15) is 335 Å². The first kappa shape index (κ1) is 93.7. The number of rotatable bonds is 65. The third kappa shape index (κ3) is 38.5. The number of aliphatic hydroxyl groups excluding tert-OH is 11. The molecule has 0 aromatic heterocycles. The molecule has 3 saturated heterocycles. The van der Waals surface area contributed by atoms with Crippen molar-refractivity contribution in [2.24, 2.45) is 0 Å². The number of ether oxygens (including phenoxy) is 6. The maximum Gasteiger partial charge on any atom is 0.364 e. The third-order valence-corrected chi connectivity index (χ3v) is 21.0. The van der Waals surface area contributed by atoms with Crippen LogP contribution in [-0.4, -0.2) is 215 Å². The number of amides is 2. The smallest absolute Gasteiger partial charge is 0.364 e. The molecule has 0 aromatic rings. The van der Waals surface area contributed by atoms with Gasteiger partial charge in [0.25, 0.3) is 5.79 Å². The maximum atomic E-state index is 13.5. The molecule has 3 aliphatic rings. The van der Waals surface area contributed by atoms with Gasteiger partial charge in [0.1, 0.15) is 67.1 Å². The Balaban J connectivity index is 1.38. The van der Waals surface area contributed by atoms with E-state index in [-0.39, 0.29) is 12.3 Å². The van der Waals surface area contributed by atoms with Crippen LogP contribution in [0.3, 0.4) is 0 Å². The van der Waals surface area contributed by atoms with E-state index in [1.165, 1.54) is 244 Å². The molecule has 600 valence electrons. The fraction of sp³-hybridized carbons (Fsp3) is 0.937. The molecule has 18 atom stereocenters. The highest BCUT2D eigenvalue weighted by atomic mass is 16.8. The first-order chi connectivity index (χ1) is 49.4. The predicted molar refractivity (Wildman–Crippen MR) is 394 cm³/mol. The van der Waals surface area contributed by atoms with E-state index < -0.39 is 155 Å². The Morgan fingerprint density at radius 2 is 0.912 bits per heavy atom. The highest BCUT2D eigenvalue weighted by Crippen LogP contribution is 2.39. The average molecular weight is 1460 g/mol. The monoisotopic (exact) mass is 1460 g/mol. The number of aliphatic hydroxyl groups is 11. The molecule has 3 aliphatic heterocycles. The van der Waals surface area contributed by atoms with Crippen molar-refractivity contribution in [3.63, 3.8) is 0 Å². The topological polar surface area (TPSA) is 373 Å². The molecule has 14 N–H and O–H groups in total. The van der Waals surface area contributed by atoms with Crippen molar-refractivity contribution in [3.8, 4) is 0 Å². The second-order valence-corrected chi connectivity index (χ2v) is 30.0. The van der Waals surface area contributed by atoms with Crippen molar-refractivity contribution in [1.82, 2.24) is 10.6 Å². The summed E-state index contributed by atoms with van der Waals surface area (Å²) in [4.78, 5) is 38.6. The van der Waals surface area contributed by atoms with Gasteiger partial charge in [0, 0.05) is 19.8 Å². The van der Waals surface area contributed by atoms with Crippen LogP contribution in [0, 0.1) is 0 Å². The van der Waals surface area contributed by atoms with Crippen LogP contribution in [0.2, 0.25) is 0 Å². The number of allylic oxidation sites excluding steroid dienone is 1. The van der Waals surface area contributed by atoms with Crippen LogP contribution in [0.25, 0.3) is 0 Å². The van der Waals surface area contributed by atoms with Crippen LogP contribution in [0.5, 0.6) is 0 Å². The molecule has 23 heteroatoms. The van der Waals surface area contributed by atoms with Crippen LogP contribution in [0.15, 0.2) is 12.2 Å². The van der Waals surface area contributed by atoms with Gasteiger partial charge in [0.05, 0.1) is 50.7 Å². The Morgan fingerprint density at radius 3 is 1.30 bits per heavy atom. The third-order valence-electron chi connectivity index (χ3n) is 21.0. The largest absolute Gasteiger partial charge is 0.477 e. The van der Waals surface area contributed by atoms with Gasteiger partial charge in [-0.3, -0.25) is 9.59 Å². The minimum Gasteiger partial charge on any atom is -0.477 e. The number of unbranched alkanes of at least 4 members (excludes halogenated alkanes) is 45. The van der Waals surface area contributed by atoms with E-state index in [0.29, 0.717) is 12.8 Å². The molecule has 0 spiro atoms. The van der Waals surface area contributed by atoms with Gasteiger partial charge < -0.3 is 100 Å². The summed E-state index contributed by atoms with van der Waals surface area (Å²) in [6, 6.07) is -2.61. The van der Waals surface area contributed by atoms with E-state index >= 15 is 0 Å². The summed E-state index contributed by atoms with van der Waals surface area (Å²) in [5, 5.41) is 136. The zero-order valence-electron chi connectivity index (χ0n) is 63.5. The first-order valence-electron chi connectivity index (χ1n) is 41.1. The lowest BCUT2D eigenvalue weighted by Crippen LogP contribution is -2.70. The van der Waals surface area contributed by atoms with E-state index in [2.05, 4.69) is 24.5 Å². The van der Waals surface area contributed by atoms with E-state index in [1.807, 2.05) is 6.08 Å². The number of hydrogen-bond donors (Lipinski definition) is 14. The van der Waals surface area contributed by atoms with E-state index in [4.69, 9.17) is 28.4 Å². The van der Waals surface area contributed by atoms with Crippen molar-refractivity contribution in [3.05, 3.63) is 12.2 Å². The molecular weight excluding hydrogens is 1310 g/mol. The molecule has 23 nitrogen and oxygen atoms in total. The van der Waals surface area contributed by atoms with E-state index in [1.54, 1.807) is 6.08 Å².